The fourth-order valence-corrected chi connectivity index (χ4v) is 3.21. The zero-order valence-electron chi connectivity index (χ0n) is 10.2. The number of aromatic nitrogens is 2. The third kappa shape index (κ3) is 1.92. The van der Waals surface area contributed by atoms with E-state index < -0.39 is 0 Å². The smallest absolute Gasteiger partial charge is 0.0465 e. The minimum absolute atomic E-state index is 1.19. The molecule has 2 N–H and O–H groups in total. The molecule has 0 bridgehead atoms. The topological polar surface area (TPSA) is 31.6 Å². The first-order valence-corrected chi connectivity index (χ1v) is 7.02. The van der Waals surface area contributed by atoms with Crippen molar-refractivity contribution in [3.8, 4) is 0 Å². The maximum absolute atomic E-state index is 3.25. The van der Waals surface area contributed by atoms with Crippen molar-refractivity contribution in [2.75, 3.05) is 0 Å². The van der Waals surface area contributed by atoms with E-state index in [9.17, 15) is 0 Å². The predicted molar refractivity (Wildman–Crippen MR) is 80.7 cm³/mol. The summed E-state index contributed by atoms with van der Waals surface area (Å²) in [6.07, 6.45) is 3.95. The Labute approximate surface area is 114 Å². The lowest BCUT2D eigenvalue weighted by Crippen LogP contribution is -1.75. The van der Waals surface area contributed by atoms with Crippen LogP contribution in [0.3, 0.4) is 0 Å². The molecule has 2 aromatic carbocycles. The molecule has 0 aliphatic heterocycles. The fourth-order valence-electron chi connectivity index (χ4n) is 2.32. The van der Waals surface area contributed by atoms with Gasteiger partial charge in [-0.2, -0.15) is 0 Å². The second-order valence-corrected chi connectivity index (χ2v) is 5.70. The highest BCUT2D eigenvalue weighted by molar-refractivity contribution is 7.99. The molecule has 0 aliphatic rings. The summed E-state index contributed by atoms with van der Waals surface area (Å²) >= 11 is 1.78. The van der Waals surface area contributed by atoms with E-state index in [1.54, 1.807) is 11.8 Å². The Morgan fingerprint density at radius 3 is 1.68 bits per heavy atom. The summed E-state index contributed by atoms with van der Waals surface area (Å²) in [5.74, 6) is 0. The average molecular weight is 264 g/mol. The summed E-state index contributed by atoms with van der Waals surface area (Å²) in [4.78, 5) is 9.01. The molecule has 0 aliphatic carbocycles. The van der Waals surface area contributed by atoms with Gasteiger partial charge < -0.3 is 9.97 Å². The summed E-state index contributed by atoms with van der Waals surface area (Å²) < 4.78 is 0. The van der Waals surface area contributed by atoms with Crippen LogP contribution < -0.4 is 0 Å². The van der Waals surface area contributed by atoms with E-state index in [2.05, 4.69) is 58.5 Å². The molecule has 0 fully saturated rings. The summed E-state index contributed by atoms with van der Waals surface area (Å²) in [6.45, 7) is 0. The van der Waals surface area contributed by atoms with Gasteiger partial charge in [0.1, 0.15) is 0 Å². The van der Waals surface area contributed by atoms with Crippen LogP contribution >= 0.6 is 11.8 Å². The van der Waals surface area contributed by atoms with Gasteiger partial charge in [0, 0.05) is 33.2 Å². The SMILES string of the molecule is c1cc2ccc(Sc3ccc4cc[nH]c4c3)cc2[nH]1. The van der Waals surface area contributed by atoms with E-state index in [4.69, 9.17) is 0 Å². The standard InChI is InChI=1S/C16H12N2S/c1-3-13(9-15-11(1)5-7-17-15)19-14-4-2-12-6-8-18-16(12)10-14/h1-10,17-18H. The first-order chi connectivity index (χ1) is 9.38. The highest BCUT2D eigenvalue weighted by Gasteiger charge is 2.02. The lowest BCUT2D eigenvalue weighted by atomic mass is 10.2. The summed E-state index contributed by atoms with van der Waals surface area (Å²) in [6, 6.07) is 17.2. The summed E-state index contributed by atoms with van der Waals surface area (Å²) in [7, 11) is 0. The third-order valence-corrected chi connectivity index (χ3v) is 4.27. The van der Waals surface area contributed by atoms with Crippen LogP contribution in [-0.2, 0) is 0 Å². The first-order valence-electron chi connectivity index (χ1n) is 6.21. The number of rotatable bonds is 2. The molecular weight excluding hydrogens is 252 g/mol. The maximum Gasteiger partial charge on any atom is 0.0465 e. The van der Waals surface area contributed by atoms with Gasteiger partial charge in [0.25, 0.3) is 0 Å². The van der Waals surface area contributed by atoms with Gasteiger partial charge >= 0.3 is 0 Å². The van der Waals surface area contributed by atoms with Gasteiger partial charge in [-0.25, -0.2) is 0 Å². The normalized spacial score (nSPS) is 11.4. The molecule has 4 rings (SSSR count). The van der Waals surface area contributed by atoms with Crippen LogP contribution in [0.4, 0.5) is 0 Å². The van der Waals surface area contributed by atoms with Crippen LogP contribution in [0, 0.1) is 0 Å². The molecule has 2 heterocycles. The number of hydrogen-bond acceptors (Lipinski definition) is 1. The van der Waals surface area contributed by atoms with Crippen LogP contribution in [0.2, 0.25) is 0 Å². The van der Waals surface area contributed by atoms with E-state index in [0.717, 1.165) is 0 Å². The number of nitrogens with one attached hydrogen (secondary N) is 2. The van der Waals surface area contributed by atoms with Gasteiger partial charge in [0.05, 0.1) is 0 Å². The van der Waals surface area contributed by atoms with E-state index in [0.29, 0.717) is 0 Å². The predicted octanol–water partition coefficient (Wildman–Crippen LogP) is 4.80. The van der Waals surface area contributed by atoms with Crippen molar-refractivity contribution in [2.45, 2.75) is 9.79 Å². The van der Waals surface area contributed by atoms with E-state index in [1.807, 2.05) is 12.4 Å². The lowest BCUT2D eigenvalue weighted by Gasteiger charge is -2.02. The van der Waals surface area contributed by atoms with E-state index in [-0.39, 0.29) is 0 Å². The highest BCUT2D eigenvalue weighted by Crippen LogP contribution is 2.31. The van der Waals surface area contributed by atoms with Crippen molar-refractivity contribution in [1.82, 2.24) is 9.97 Å². The molecular formula is C16H12N2S. The Kier molecular flexibility index (Phi) is 2.38. The third-order valence-electron chi connectivity index (χ3n) is 3.29. The Morgan fingerprint density at radius 2 is 1.16 bits per heavy atom. The number of fused-ring (bicyclic) bond motifs is 2. The Bertz CT molecular complexity index is 785. The van der Waals surface area contributed by atoms with Crippen LogP contribution in [0.1, 0.15) is 0 Å². The van der Waals surface area contributed by atoms with E-state index in [1.165, 1.54) is 31.6 Å². The van der Waals surface area contributed by atoms with Crippen molar-refractivity contribution in [1.29, 1.82) is 0 Å². The van der Waals surface area contributed by atoms with Crippen molar-refractivity contribution in [2.24, 2.45) is 0 Å². The van der Waals surface area contributed by atoms with Crippen molar-refractivity contribution in [3.63, 3.8) is 0 Å². The quantitative estimate of drug-likeness (QED) is 0.535. The Morgan fingerprint density at radius 1 is 0.632 bits per heavy atom. The Hall–Kier alpha value is -2.13. The molecule has 0 unspecified atom stereocenters. The fraction of sp³-hybridized carbons (Fsp3) is 0. The first kappa shape index (κ1) is 10.8. The molecule has 3 heteroatoms. The molecule has 0 saturated heterocycles. The molecule has 2 nitrogen and oxygen atoms in total. The minimum Gasteiger partial charge on any atom is -0.361 e. The molecule has 0 spiro atoms. The average Bonchev–Trinajstić information content (AvgIpc) is 3.05. The van der Waals surface area contributed by atoms with Crippen LogP contribution in [0.5, 0.6) is 0 Å². The number of benzene rings is 2. The van der Waals surface area contributed by atoms with Crippen molar-refractivity contribution >= 4 is 33.6 Å². The lowest BCUT2D eigenvalue weighted by molar-refractivity contribution is 1.40. The Balaban J connectivity index is 1.72. The van der Waals surface area contributed by atoms with Crippen LogP contribution in [0.25, 0.3) is 21.8 Å². The molecule has 0 radical (unpaired) electrons. The molecule has 19 heavy (non-hydrogen) atoms. The molecule has 0 saturated carbocycles. The molecule has 0 atom stereocenters. The van der Waals surface area contributed by atoms with Gasteiger partial charge in [-0.05, 0) is 47.2 Å². The van der Waals surface area contributed by atoms with Gasteiger partial charge in [-0.15, -0.1) is 0 Å². The van der Waals surface area contributed by atoms with Crippen molar-refractivity contribution in [3.05, 3.63) is 60.9 Å². The zero-order chi connectivity index (χ0) is 12.7. The van der Waals surface area contributed by atoms with Crippen LogP contribution in [-0.4, -0.2) is 9.97 Å². The second-order valence-electron chi connectivity index (χ2n) is 4.56. The molecule has 92 valence electrons. The van der Waals surface area contributed by atoms with Crippen LogP contribution in [0.15, 0.2) is 70.7 Å². The largest absolute Gasteiger partial charge is 0.361 e. The number of H-pyrrole nitrogens is 2. The summed E-state index contributed by atoms with van der Waals surface area (Å²) in [5.41, 5.74) is 2.37. The molecule has 0 amide bonds. The monoisotopic (exact) mass is 264 g/mol. The van der Waals surface area contributed by atoms with Gasteiger partial charge in [0.2, 0.25) is 0 Å². The maximum atomic E-state index is 3.25. The second kappa shape index (κ2) is 4.21. The molecule has 2 aromatic heterocycles. The summed E-state index contributed by atoms with van der Waals surface area (Å²) in [5, 5.41) is 2.51. The highest BCUT2D eigenvalue weighted by atomic mass is 32.2. The molecule has 4 aromatic rings. The van der Waals surface area contributed by atoms with Crippen molar-refractivity contribution < 1.29 is 0 Å². The van der Waals surface area contributed by atoms with Gasteiger partial charge in [-0.1, -0.05) is 23.9 Å². The van der Waals surface area contributed by atoms with Gasteiger partial charge in [-0.3, -0.25) is 0 Å². The number of hydrogen-bond donors (Lipinski definition) is 2. The van der Waals surface area contributed by atoms with E-state index >= 15 is 0 Å². The number of aromatic amines is 2. The minimum atomic E-state index is 1.19. The van der Waals surface area contributed by atoms with Gasteiger partial charge in [0.15, 0.2) is 0 Å². The zero-order valence-corrected chi connectivity index (χ0v) is 11.0.